The van der Waals surface area contributed by atoms with Gasteiger partial charge < -0.3 is 15.1 Å². The number of halogens is 1. The third kappa shape index (κ3) is 5.94. The van der Waals surface area contributed by atoms with Crippen LogP contribution in [0.4, 0.5) is 0 Å². The van der Waals surface area contributed by atoms with Gasteiger partial charge in [0.2, 0.25) is 0 Å². The first kappa shape index (κ1) is 22.7. The lowest BCUT2D eigenvalue weighted by molar-refractivity contribution is 0.345. The van der Waals surface area contributed by atoms with Crippen molar-refractivity contribution in [2.45, 2.75) is 32.4 Å². The van der Waals surface area contributed by atoms with E-state index in [1.54, 1.807) is 0 Å². The molecule has 1 fully saturated rings. The summed E-state index contributed by atoms with van der Waals surface area (Å²) in [4.78, 5) is 9.17. The summed E-state index contributed by atoms with van der Waals surface area (Å²) in [6.07, 6.45) is 5.26. The van der Waals surface area contributed by atoms with Crippen LogP contribution in [-0.2, 0) is 20.1 Å². The molecule has 1 aromatic carbocycles. The highest BCUT2D eigenvalue weighted by molar-refractivity contribution is 14.0. The van der Waals surface area contributed by atoms with Gasteiger partial charge in [0.05, 0.1) is 6.20 Å². The van der Waals surface area contributed by atoms with Crippen LogP contribution in [0.5, 0.6) is 0 Å². The van der Waals surface area contributed by atoms with Crippen molar-refractivity contribution in [3.63, 3.8) is 0 Å². The number of nitrogens with zero attached hydrogens (tertiary/aromatic N) is 5. The molecule has 1 unspecified atom stereocenters. The summed E-state index contributed by atoms with van der Waals surface area (Å²) >= 11 is 0. The summed E-state index contributed by atoms with van der Waals surface area (Å²) in [7, 11) is 5.99. The molecule has 1 aliphatic heterocycles. The first-order chi connectivity index (χ1) is 13.1. The van der Waals surface area contributed by atoms with Crippen LogP contribution >= 0.6 is 24.0 Å². The molecule has 0 amide bonds. The van der Waals surface area contributed by atoms with E-state index in [9.17, 15) is 0 Å². The maximum atomic E-state index is 4.50. The molecule has 1 aromatic heterocycles. The van der Waals surface area contributed by atoms with Gasteiger partial charge in [-0.3, -0.25) is 9.67 Å². The molecule has 0 aliphatic carbocycles. The monoisotopic (exact) mass is 496 g/mol. The Kier molecular flexibility index (Phi) is 8.75. The van der Waals surface area contributed by atoms with Crippen LogP contribution in [-0.4, -0.2) is 59.3 Å². The van der Waals surface area contributed by atoms with E-state index >= 15 is 0 Å². The van der Waals surface area contributed by atoms with E-state index in [1.807, 2.05) is 25.0 Å². The Bertz CT molecular complexity index is 772. The van der Waals surface area contributed by atoms with Gasteiger partial charge >= 0.3 is 0 Å². The SMILES string of the molecule is CCN(C)Cc1cccc(CNC(=NC)N2CCC(c3cnn(C)c3)C2)c1.I. The number of benzene rings is 1. The zero-order valence-electron chi connectivity index (χ0n) is 17.4. The van der Waals surface area contributed by atoms with Gasteiger partial charge in [-0.15, -0.1) is 24.0 Å². The Labute approximate surface area is 186 Å². The number of rotatable bonds is 6. The van der Waals surface area contributed by atoms with Crippen molar-refractivity contribution in [3.8, 4) is 0 Å². The van der Waals surface area contributed by atoms with Crippen LogP contribution in [0.2, 0.25) is 0 Å². The van der Waals surface area contributed by atoms with E-state index < -0.39 is 0 Å². The fraction of sp³-hybridized carbons (Fsp3) is 0.524. The molecule has 1 atom stereocenters. The van der Waals surface area contributed by atoms with Crippen LogP contribution in [0.3, 0.4) is 0 Å². The van der Waals surface area contributed by atoms with Crippen LogP contribution < -0.4 is 5.32 Å². The standard InChI is InChI=1S/C21H32N6.HI/c1-5-25(3)14-18-8-6-7-17(11-18)12-23-21(22-2)27-10-9-19(16-27)20-13-24-26(4)15-20;/h6-8,11,13,15,19H,5,9-10,12,14,16H2,1-4H3,(H,22,23);1H. The van der Waals surface area contributed by atoms with Crippen molar-refractivity contribution < 1.29 is 0 Å². The molecule has 0 spiro atoms. The Balaban J connectivity index is 0.00000280. The number of guanidine groups is 1. The number of hydrogen-bond donors (Lipinski definition) is 1. The number of aromatic nitrogens is 2. The second-order valence-corrected chi connectivity index (χ2v) is 7.43. The second-order valence-electron chi connectivity index (χ2n) is 7.43. The maximum Gasteiger partial charge on any atom is 0.193 e. The maximum absolute atomic E-state index is 4.50. The minimum atomic E-state index is 0. The van der Waals surface area contributed by atoms with Crippen LogP contribution in [0.15, 0.2) is 41.7 Å². The summed E-state index contributed by atoms with van der Waals surface area (Å²) < 4.78 is 1.88. The first-order valence-corrected chi connectivity index (χ1v) is 9.79. The van der Waals surface area contributed by atoms with Gasteiger partial charge in [-0.25, -0.2) is 0 Å². The molecule has 1 N–H and O–H groups in total. The molecule has 0 radical (unpaired) electrons. The first-order valence-electron chi connectivity index (χ1n) is 9.79. The third-order valence-electron chi connectivity index (χ3n) is 5.33. The highest BCUT2D eigenvalue weighted by Gasteiger charge is 2.26. The zero-order chi connectivity index (χ0) is 19.2. The summed E-state index contributed by atoms with van der Waals surface area (Å²) in [5, 5.41) is 7.85. The van der Waals surface area contributed by atoms with Gasteiger partial charge in [0.25, 0.3) is 0 Å². The van der Waals surface area contributed by atoms with E-state index in [0.717, 1.165) is 45.1 Å². The van der Waals surface area contributed by atoms with Crippen LogP contribution in [0.1, 0.15) is 36.0 Å². The quantitative estimate of drug-likeness (QED) is 0.380. The normalized spacial score (nSPS) is 17.1. The highest BCUT2D eigenvalue weighted by Crippen LogP contribution is 2.26. The molecule has 7 heteroatoms. The predicted molar refractivity (Wildman–Crippen MR) is 126 cm³/mol. The van der Waals surface area contributed by atoms with E-state index in [-0.39, 0.29) is 24.0 Å². The molecular formula is C21H33IN6. The van der Waals surface area contributed by atoms with E-state index in [0.29, 0.717) is 5.92 Å². The third-order valence-corrected chi connectivity index (χ3v) is 5.33. The summed E-state index contributed by atoms with van der Waals surface area (Å²) in [6.45, 7) is 7.04. The second kappa shape index (κ2) is 10.8. The topological polar surface area (TPSA) is 48.7 Å². The zero-order valence-corrected chi connectivity index (χ0v) is 19.8. The molecule has 0 saturated carbocycles. The van der Waals surface area contributed by atoms with Crippen molar-refractivity contribution in [3.05, 3.63) is 53.3 Å². The largest absolute Gasteiger partial charge is 0.352 e. The minimum Gasteiger partial charge on any atom is -0.352 e. The van der Waals surface area contributed by atoms with E-state index in [4.69, 9.17) is 0 Å². The number of aryl methyl sites for hydroxylation is 1. The van der Waals surface area contributed by atoms with Gasteiger partial charge in [-0.1, -0.05) is 31.2 Å². The van der Waals surface area contributed by atoms with Gasteiger partial charge in [0.1, 0.15) is 0 Å². The average molecular weight is 496 g/mol. The van der Waals surface area contributed by atoms with Gasteiger partial charge in [0.15, 0.2) is 5.96 Å². The number of nitrogens with one attached hydrogen (secondary N) is 1. The van der Waals surface area contributed by atoms with E-state index in [1.165, 1.54) is 16.7 Å². The fourth-order valence-electron chi connectivity index (χ4n) is 3.65. The lowest BCUT2D eigenvalue weighted by Gasteiger charge is -2.22. The van der Waals surface area contributed by atoms with Gasteiger partial charge in [-0.05, 0) is 36.7 Å². The molecule has 3 rings (SSSR count). The molecule has 2 heterocycles. The molecule has 0 bridgehead atoms. The molecule has 1 aliphatic rings. The lowest BCUT2D eigenvalue weighted by Crippen LogP contribution is -2.39. The van der Waals surface area contributed by atoms with Gasteiger partial charge in [-0.2, -0.15) is 5.10 Å². The summed E-state index contributed by atoms with van der Waals surface area (Å²) in [5.74, 6) is 1.52. The fourth-order valence-corrected chi connectivity index (χ4v) is 3.65. The molecule has 154 valence electrons. The Hall–Kier alpha value is -1.61. The van der Waals surface area contributed by atoms with Crippen LogP contribution in [0, 0.1) is 0 Å². The van der Waals surface area contributed by atoms with Crippen molar-refractivity contribution in [2.24, 2.45) is 12.0 Å². The van der Waals surface area contributed by atoms with E-state index in [2.05, 4.69) is 69.6 Å². The van der Waals surface area contributed by atoms with Crippen LogP contribution in [0.25, 0.3) is 0 Å². The predicted octanol–water partition coefficient (Wildman–Crippen LogP) is 3.05. The minimum absolute atomic E-state index is 0. The molecule has 6 nitrogen and oxygen atoms in total. The summed E-state index contributed by atoms with van der Waals surface area (Å²) in [5.41, 5.74) is 3.97. The van der Waals surface area contributed by atoms with Crippen molar-refractivity contribution in [2.75, 3.05) is 33.7 Å². The Morgan fingerprint density at radius 3 is 2.82 bits per heavy atom. The van der Waals surface area contributed by atoms with Crippen molar-refractivity contribution in [1.29, 1.82) is 0 Å². The summed E-state index contributed by atoms with van der Waals surface area (Å²) in [6, 6.07) is 8.81. The Morgan fingerprint density at radius 1 is 1.36 bits per heavy atom. The van der Waals surface area contributed by atoms with Gasteiger partial charge in [0, 0.05) is 52.4 Å². The number of hydrogen-bond acceptors (Lipinski definition) is 3. The van der Waals surface area contributed by atoms with Crippen molar-refractivity contribution >= 4 is 29.9 Å². The van der Waals surface area contributed by atoms with Crippen molar-refractivity contribution in [1.82, 2.24) is 24.9 Å². The lowest BCUT2D eigenvalue weighted by atomic mass is 10.0. The smallest absolute Gasteiger partial charge is 0.193 e. The molecule has 2 aromatic rings. The number of aliphatic imine (C=N–C) groups is 1. The Morgan fingerprint density at radius 2 is 2.14 bits per heavy atom. The number of likely N-dealkylation sites (tertiary alicyclic amines) is 1. The molecule has 28 heavy (non-hydrogen) atoms. The molecule has 1 saturated heterocycles. The average Bonchev–Trinajstić information content (AvgIpc) is 3.32. The highest BCUT2D eigenvalue weighted by atomic mass is 127. The molecular weight excluding hydrogens is 463 g/mol.